The number of hydrogen-bond acceptors (Lipinski definition) is 4. The molecule has 2 heterocycles. The first-order valence-corrected chi connectivity index (χ1v) is 10.1. The average Bonchev–Trinajstić information content (AvgIpc) is 3.10. The SMILES string of the molecule is Cc1nnc(CNC(=NCc2cc(F)ccc2F)NC2CCOc3ccccc32)n1C.I. The van der Waals surface area contributed by atoms with Gasteiger partial charge in [-0.2, -0.15) is 0 Å². The summed E-state index contributed by atoms with van der Waals surface area (Å²) < 4.78 is 35.2. The topological polar surface area (TPSA) is 76.4 Å². The Bertz CT molecular complexity index is 1100. The maximum Gasteiger partial charge on any atom is 0.192 e. The van der Waals surface area contributed by atoms with Crippen molar-refractivity contribution in [3.8, 4) is 5.75 Å². The van der Waals surface area contributed by atoms with Crippen molar-refractivity contribution in [1.82, 2.24) is 25.4 Å². The highest BCUT2D eigenvalue weighted by atomic mass is 127. The highest BCUT2D eigenvalue weighted by Crippen LogP contribution is 2.31. The second kappa shape index (κ2) is 10.7. The molecule has 0 bridgehead atoms. The number of aromatic nitrogens is 3. The number of benzene rings is 2. The largest absolute Gasteiger partial charge is 0.493 e. The van der Waals surface area contributed by atoms with Gasteiger partial charge in [0.05, 0.1) is 25.7 Å². The highest BCUT2D eigenvalue weighted by Gasteiger charge is 2.22. The summed E-state index contributed by atoms with van der Waals surface area (Å²) in [6.45, 7) is 2.81. The lowest BCUT2D eigenvalue weighted by molar-refractivity contribution is 0.261. The van der Waals surface area contributed by atoms with E-state index in [0.717, 1.165) is 47.6 Å². The van der Waals surface area contributed by atoms with Gasteiger partial charge in [0.1, 0.15) is 23.2 Å². The number of hydrogen-bond donors (Lipinski definition) is 2. The van der Waals surface area contributed by atoms with Crippen molar-refractivity contribution in [2.24, 2.45) is 12.0 Å². The zero-order valence-corrected chi connectivity index (χ0v) is 20.1. The van der Waals surface area contributed by atoms with E-state index in [9.17, 15) is 8.78 Å². The van der Waals surface area contributed by atoms with E-state index in [1.165, 1.54) is 0 Å². The van der Waals surface area contributed by atoms with E-state index in [1.807, 2.05) is 42.8 Å². The fourth-order valence-electron chi connectivity index (χ4n) is 3.41. The summed E-state index contributed by atoms with van der Waals surface area (Å²) in [5.41, 5.74) is 1.21. The summed E-state index contributed by atoms with van der Waals surface area (Å²) in [7, 11) is 1.88. The molecule has 0 saturated carbocycles. The van der Waals surface area contributed by atoms with Crippen LogP contribution in [0.15, 0.2) is 47.5 Å². The quantitative estimate of drug-likeness (QED) is 0.286. The molecule has 1 aromatic heterocycles. The fraction of sp³-hybridized carbons (Fsp3) is 0.318. The number of ether oxygens (including phenoxy) is 1. The molecule has 0 spiro atoms. The number of nitrogens with zero attached hydrogens (tertiary/aromatic N) is 4. The first-order chi connectivity index (χ1) is 15.0. The molecule has 0 saturated heterocycles. The van der Waals surface area contributed by atoms with E-state index >= 15 is 0 Å². The molecule has 0 amide bonds. The molecule has 32 heavy (non-hydrogen) atoms. The van der Waals surface area contributed by atoms with Crippen LogP contribution in [0.2, 0.25) is 0 Å². The maximum absolute atomic E-state index is 14.1. The van der Waals surface area contributed by atoms with Gasteiger partial charge in [-0.15, -0.1) is 34.2 Å². The molecule has 1 atom stereocenters. The number of guanidine groups is 1. The van der Waals surface area contributed by atoms with Gasteiger partial charge in [0, 0.05) is 24.6 Å². The molecule has 2 aromatic carbocycles. The van der Waals surface area contributed by atoms with Crippen molar-refractivity contribution < 1.29 is 13.5 Å². The first kappa shape index (κ1) is 23.9. The molecule has 170 valence electrons. The lowest BCUT2D eigenvalue weighted by Crippen LogP contribution is -2.41. The van der Waals surface area contributed by atoms with Crippen LogP contribution in [-0.4, -0.2) is 27.3 Å². The molecule has 10 heteroatoms. The third-order valence-corrected chi connectivity index (χ3v) is 5.28. The van der Waals surface area contributed by atoms with Crippen LogP contribution in [0.3, 0.4) is 0 Å². The van der Waals surface area contributed by atoms with Crippen molar-refractivity contribution in [3.05, 3.63) is 76.9 Å². The molecular formula is C22H25F2IN6O. The van der Waals surface area contributed by atoms with Gasteiger partial charge in [-0.3, -0.25) is 0 Å². The zero-order chi connectivity index (χ0) is 21.8. The zero-order valence-electron chi connectivity index (χ0n) is 17.8. The molecule has 4 rings (SSSR count). The normalized spacial score (nSPS) is 15.4. The minimum atomic E-state index is -0.498. The smallest absolute Gasteiger partial charge is 0.192 e. The van der Waals surface area contributed by atoms with Crippen LogP contribution in [0.4, 0.5) is 8.78 Å². The van der Waals surface area contributed by atoms with Gasteiger partial charge in [-0.1, -0.05) is 18.2 Å². The summed E-state index contributed by atoms with van der Waals surface area (Å²) in [6, 6.07) is 11.1. The number of nitrogens with one attached hydrogen (secondary N) is 2. The van der Waals surface area contributed by atoms with Crippen molar-refractivity contribution in [2.45, 2.75) is 32.5 Å². The summed E-state index contributed by atoms with van der Waals surface area (Å²) in [5, 5.41) is 14.8. The number of rotatable bonds is 5. The van der Waals surface area contributed by atoms with Crippen LogP contribution in [0.5, 0.6) is 5.75 Å². The van der Waals surface area contributed by atoms with Gasteiger partial charge in [-0.05, 0) is 31.2 Å². The standard InChI is InChI=1S/C22H24F2N6O.HI/c1-14-28-29-21(30(14)2)13-26-22(25-12-15-11-16(23)7-8-18(15)24)27-19-9-10-31-20-6-4-3-5-17(19)20;/h3-8,11,19H,9-10,12-13H2,1-2H3,(H2,25,26,27);1H. The minimum absolute atomic E-state index is 0. The average molecular weight is 554 g/mol. The molecular weight excluding hydrogens is 529 g/mol. The maximum atomic E-state index is 14.1. The Morgan fingerprint density at radius 3 is 2.81 bits per heavy atom. The Labute approximate surface area is 202 Å². The van der Waals surface area contributed by atoms with E-state index in [2.05, 4.69) is 25.8 Å². The van der Waals surface area contributed by atoms with Crippen LogP contribution in [0.1, 0.15) is 35.2 Å². The van der Waals surface area contributed by atoms with E-state index < -0.39 is 11.6 Å². The Morgan fingerprint density at radius 2 is 2.03 bits per heavy atom. The van der Waals surface area contributed by atoms with Gasteiger partial charge in [-0.25, -0.2) is 13.8 Å². The second-order valence-electron chi connectivity index (χ2n) is 7.35. The van der Waals surface area contributed by atoms with Crippen LogP contribution < -0.4 is 15.4 Å². The first-order valence-electron chi connectivity index (χ1n) is 10.1. The highest BCUT2D eigenvalue weighted by molar-refractivity contribution is 14.0. The second-order valence-corrected chi connectivity index (χ2v) is 7.35. The monoisotopic (exact) mass is 554 g/mol. The Morgan fingerprint density at radius 1 is 1.22 bits per heavy atom. The lowest BCUT2D eigenvalue weighted by Gasteiger charge is -2.28. The Hall–Kier alpha value is -2.76. The van der Waals surface area contributed by atoms with Crippen LogP contribution in [-0.2, 0) is 20.1 Å². The Balaban J connectivity index is 0.00000289. The van der Waals surface area contributed by atoms with Crippen molar-refractivity contribution in [3.63, 3.8) is 0 Å². The van der Waals surface area contributed by atoms with Crippen LogP contribution in [0.25, 0.3) is 0 Å². The summed E-state index contributed by atoms with van der Waals surface area (Å²) >= 11 is 0. The molecule has 3 aromatic rings. The lowest BCUT2D eigenvalue weighted by atomic mass is 10.0. The van der Waals surface area contributed by atoms with Crippen LogP contribution >= 0.6 is 24.0 Å². The number of para-hydroxylation sites is 1. The van der Waals surface area contributed by atoms with Gasteiger partial charge in [0.25, 0.3) is 0 Å². The van der Waals surface area contributed by atoms with E-state index in [1.54, 1.807) is 0 Å². The van der Waals surface area contributed by atoms with Crippen LogP contribution in [0, 0.1) is 18.6 Å². The number of aryl methyl sites for hydroxylation is 1. The van der Waals surface area contributed by atoms with E-state index in [-0.39, 0.29) is 42.1 Å². The van der Waals surface area contributed by atoms with Gasteiger partial charge >= 0.3 is 0 Å². The minimum Gasteiger partial charge on any atom is -0.493 e. The van der Waals surface area contributed by atoms with Gasteiger partial charge in [0.15, 0.2) is 11.8 Å². The number of fused-ring (bicyclic) bond motifs is 1. The summed E-state index contributed by atoms with van der Waals surface area (Å²) in [6.07, 6.45) is 0.745. The third-order valence-electron chi connectivity index (χ3n) is 5.28. The fourth-order valence-corrected chi connectivity index (χ4v) is 3.41. The van der Waals surface area contributed by atoms with Crippen molar-refractivity contribution >= 4 is 29.9 Å². The molecule has 0 aliphatic carbocycles. The molecule has 1 aliphatic heterocycles. The molecule has 1 aliphatic rings. The Kier molecular flexibility index (Phi) is 7.99. The molecule has 1 unspecified atom stereocenters. The van der Waals surface area contributed by atoms with Crippen molar-refractivity contribution in [1.29, 1.82) is 0 Å². The molecule has 0 fully saturated rings. The number of halogens is 3. The van der Waals surface area contributed by atoms with E-state index in [4.69, 9.17) is 4.74 Å². The predicted octanol–water partition coefficient (Wildman–Crippen LogP) is 3.78. The molecule has 2 N–H and O–H groups in total. The van der Waals surface area contributed by atoms with E-state index in [0.29, 0.717) is 19.1 Å². The van der Waals surface area contributed by atoms with Gasteiger partial charge < -0.3 is 19.9 Å². The predicted molar refractivity (Wildman–Crippen MR) is 128 cm³/mol. The molecule has 7 nitrogen and oxygen atoms in total. The van der Waals surface area contributed by atoms with Crippen molar-refractivity contribution in [2.75, 3.05) is 6.61 Å². The third kappa shape index (κ3) is 5.53. The number of aliphatic imine (C=N–C) groups is 1. The summed E-state index contributed by atoms with van der Waals surface area (Å²) in [4.78, 5) is 4.50. The van der Waals surface area contributed by atoms with Gasteiger partial charge in [0.2, 0.25) is 0 Å². The molecule has 0 radical (unpaired) electrons. The summed E-state index contributed by atoms with van der Waals surface area (Å²) in [5.74, 6) is 1.82.